The largest absolute Gasteiger partial charge is 0.453 e. The molecule has 1 aromatic heterocycles. The van der Waals surface area contributed by atoms with Gasteiger partial charge >= 0.3 is 6.09 Å². The molecule has 2 heterocycles. The Labute approximate surface area is 146 Å². The third kappa shape index (κ3) is 5.70. The van der Waals surface area contributed by atoms with Crippen molar-refractivity contribution in [2.75, 3.05) is 19.6 Å². The molecule has 0 aliphatic carbocycles. The van der Waals surface area contributed by atoms with E-state index in [-0.39, 0.29) is 12.1 Å². The van der Waals surface area contributed by atoms with E-state index in [2.05, 4.69) is 34.2 Å². The molecule has 0 saturated carbocycles. The second-order valence-corrected chi connectivity index (χ2v) is 7.56. The molecular formula is C17H25BrN2O3. The Balaban J connectivity index is 1.79. The molecule has 0 aromatic carbocycles. The van der Waals surface area contributed by atoms with Crippen LogP contribution in [0.2, 0.25) is 0 Å². The summed E-state index contributed by atoms with van der Waals surface area (Å²) in [6.45, 7) is 9.82. The van der Waals surface area contributed by atoms with Crippen molar-refractivity contribution in [3.05, 3.63) is 34.2 Å². The molecule has 1 aromatic rings. The van der Waals surface area contributed by atoms with E-state index in [0.717, 1.165) is 23.4 Å². The van der Waals surface area contributed by atoms with Crippen molar-refractivity contribution in [1.29, 1.82) is 0 Å². The summed E-state index contributed by atoms with van der Waals surface area (Å²) in [7, 11) is 0. The monoisotopic (exact) mass is 384 g/mol. The Hall–Kier alpha value is -1.27. The van der Waals surface area contributed by atoms with E-state index in [9.17, 15) is 4.79 Å². The zero-order valence-corrected chi connectivity index (χ0v) is 15.8. The highest BCUT2D eigenvalue weighted by Crippen LogP contribution is 2.21. The maximum Gasteiger partial charge on any atom is 0.410 e. The van der Waals surface area contributed by atoms with Crippen molar-refractivity contribution < 1.29 is 13.9 Å². The minimum atomic E-state index is -0.449. The van der Waals surface area contributed by atoms with Crippen molar-refractivity contribution in [3.63, 3.8) is 0 Å². The number of nitrogens with zero attached hydrogens (tertiary/aromatic N) is 1. The fraction of sp³-hybridized carbons (Fsp3) is 0.588. The van der Waals surface area contributed by atoms with E-state index in [1.54, 1.807) is 4.90 Å². The third-order valence-electron chi connectivity index (χ3n) is 3.61. The lowest BCUT2D eigenvalue weighted by Crippen LogP contribution is -2.40. The van der Waals surface area contributed by atoms with E-state index in [0.29, 0.717) is 13.1 Å². The highest BCUT2D eigenvalue weighted by atomic mass is 79.9. The van der Waals surface area contributed by atoms with Crippen molar-refractivity contribution in [2.24, 2.45) is 0 Å². The second kappa shape index (κ2) is 7.53. The van der Waals surface area contributed by atoms with Gasteiger partial charge in [0, 0.05) is 19.6 Å². The standard InChI is InChI=1S/C17H25BrN2O3/c1-12(14-5-6-15(18)22-14)19-11-13-7-9-20(10-8-13)16(21)23-17(2,3)4/h5-7,12,19H,8-11H2,1-4H3. The van der Waals surface area contributed by atoms with Gasteiger partial charge in [-0.25, -0.2) is 4.79 Å². The fourth-order valence-electron chi connectivity index (χ4n) is 2.31. The number of ether oxygens (including phenoxy) is 1. The number of halogens is 1. The van der Waals surface area contributed by atoms with Gasteiger partial charge in [0.05, 0.1) is 6.04 Å². The minimum Gasteiger partial charge on any atom is -0.453 e. The highest BCUT2D eigenvalue weighted by Gasteiger charge is 2.23. The molecule has 1 amide bonds. The number of carbonyl (C=O) groups excluding carboxylic acids is 1. The van der Waals surface area contributed by atoms with Crippen LogP contribution in [0.4, 0.5) is 4.79 Å². The van der Waals surface area contributed by atoms with Gasteiger partial charge < -0.3 is 19.4 Å². The Morgan fingerprint density at radius 3 is 2.74 bits per heavy atom. The smallest absolute Gasteiger partial charge is 0.410 e. The van der Waals surface area contributed by atoms with E-state index in [1.165, 1.54) is 5.57 Å². The normalized spacial score (nSPS) is 16.9. The number of furan rings is 1. The van der Waals surface area contributed by atoms with Crippen molar-refractivity contribution in [1.82, 2.24) is 10.2 Å². The second-order valence-electron chi connectivity index (χ2n) is 6.78. The van der Waals surface area contributed by atoms with E-state index in [1.807, 2.05) is 32.9 Å². The molecule has 0 bridgehead atoms. The first kappa shape index (κ1) is 18.1. The molecule has 1 unspecified atom stereocenters. The lowest BCUT2D eigenvalue weighted by Gasteiger charge is -2.29. The lowest BCUT2D eigenvalue weighted by molar-refractivity contribution is 0.0265. The van der Waals surface area contributed by atoms with Crippen molar-refractivity contribution >= 4 is 22.0 Å². The van der Waals surface area contributed by atoms with Crippen LogP contribution in [0.5, 0.6) is 0 Å². The van der Waals surface area contributed by atoms with Gasteiger partial charge in [-0.3, -0.25) is 0 Å². The van der Waals surface area contributed by atoms with Gasteiger partial charge in [0.25, 0.3) is 0 Å². The molecular weight excluding hydrogens is 360 g/mol. The highest BCUT2D eigenvalue weighted by molar-refractivity contribution is 9.10. The predicted octanol–water partition coefficient (Wildman–Crippen LogP) is 4.26. The van der Waals surface area contributed by atoms with Crippen LogP contribution in [0.1, 0.15) is 45.9 Å². The molecule has 2 rings (SSSR count). The molecule has 1 atom stereocenters. The van der Waals surface area contributed by atoms with Gasteiger partial charge in [0.1, 0.15) is 11.4 Å². The van der Waals surface area contributed by atoms with Crippen LogP contribution in [0.15, 0.2) is 32.9 Å². The molecule has 23 heavy (non-hydrogen) atoms. The van der Waals surface area contributed by atoms with Crippen LogP contribution in [0, 0.1) is 0 Å². The third-order valence-corrected chi connectivity index (χ3v) is 4.04. The minimum absolute atomic E-state index is 0.145. The summed E-state index contributed by atoms with van der Waals surface area (Å²) in [5, 5.41) is 3.45. The predicted molar refractivity (Wildman–Crippen MR) is 93.3 cm³/mol. The molecule has 1 aliphatic rings. The average molecular weight is 385 g/mol. The molecule has 0 spiro atoms. The Morgan fingerprint density at radius 1 is 1.48 bits per heavy atom. The van der Waals surface area contributed by atoms with Crippen LogP contribution in [0.25, 0.3) is 0 Å². The molecule has 0 fully saturated rings. The van der Waals surface area contributed by atoms with Gasteiger partial charge in [0.15, 0.2) is 4.67 Å². The van der Waals surface area contributed by atoms with Crippen LogP contribution >= 0.6 is 15.9 Å². The van der Waals surface area contributed by atoms with E-state index < -0.39 is 5.60 Å². The number of amides is 1. The van der Waals surface area contributed by atoms with Gasteiger partial charge in [-0.15, -0.1) is 0 Å². The number of rotatable bonds is 4. The molecule has 1 aliphatic heterocycles. The number of carbonyl (C=O) groups is 1. The summed E-state index contributed by atoms with van der Waals surface area (Å²) >= 11 is 3.31. The maximum atomic E-state index is 12.0. The number of nitrogens with one attached hydrogen (secondary N) is 1. The van der Waals surface area contributed by atoms with Crippen LogP contribution in [-0.4, -0.2) is 36.2 Å². The summed E-state index contributed by atoms with van der Waals surface area (Å²) in [6.07, 6.45) is 2.72. The summed E-state index contributed by atoms with van der Waals surface area (Å²) in [4.78, 5) is 13.8. The Morgan fingerprint density at radius 2 is 2.22 bits per heavy atom. The SMILES string of the molecule is CC(NCC1=CCN(C(=O)OC(C)(C)C)CC1)c1ccc(Br)o1. The summed E-state index contributed by atoms with van der Waals surface area (Å²) in [6, 6.07) is 4.00. The molecule has 6 heteroatoms. The summed E-state index contributed by atoms with van der Waals surface area (Å²) in [5.41, 5.74) is 0.859. The first-order valence-electron chi connectivity index (χ1n) is 7.89. The Kier molecular flexibility index (Phi) is 5.92. The first-order valence-corrected chi connectivity index (χ1v) is 8.68. The average Bonchev–Trinajstić information content (AvgIpc) is 2.90. The number of hydrogen-bond donors (Lipinski definition) is 1. The van der Waals surface area contributed by atoms with Gasteiger partial charge in [0.2, 0.25) is 0 Å². The zero-order chi connectivity index (χ0) is 17.0. The first-order chi connectivity index (χ1) is 10.7. The van der Waals surface area contributed by atoms with Gasteiger partial charge in [-0.1, -0.05) is 11.6 Å². The maximum absolute atomic E-state index is 12.0. The van der Waals surface area contributed by atoms with Gasteiger partial charge in [-0.05, 0) is 62.2 Å². The van der Waals surface area contributed by atoms with E-state index >= 15 is 0 Å². The van der Waals surface area contributed by atoms with Crippen LogP contribution < -0.4 is 5.32 Å². The molecule has 128 valence electrons. The van der Waals surface area contributed by atoms with Crippen molar-refractivity contribution in [2.45, 2.75) is 45.8 Å². The van der Waals surface area contributed by atoms with Crippen LogP contribution in [0.3, 0.4) is 0 Å². The summed E-state index contributed by atoms with van der Waals surface area (Å²) in [5.74, 6) is 0.906. The summed E-state index contributed by atoms with van der Waals surface area (Å²) < 4.78 is 11.7. The molecule has 1 N–H and O–H groups in total. The molecule has 0 saturated heterocycles. The van der Waals surface area contributed by atoms with Gasteiger partial charge in [-0.2, -0.15) is 0 Å². The topological polar surface area (TPSA) is 54.7 Å². The Bertz CT molecular complexity index is 575. The molecule has 5 nitrogen and oxygen atoms in total. The van der Waals surface area contributed by atoms with Crippen molar-refractivity contribution in [3.8, 4) is 0 Å². The number of hydrogen-bond acceptors (Lipinski definition) is 4. The quantitative estimate of drug-likeness (QED) is 0.787. The van der Waals surface area contributed by atoms with E-state index in [4.69, 9.17) is 9.15 Å². The fourth-order valence-corrected chi connectivity index (χ4v) is 2.63. The van der Waals surface area contributed by atoms with Crippen LogP contribution in [-0.2, 0) is 4.74 Å². The lowest BCUT2D eigenvalue weighted by atomic mass is 10.1. The zero-order valence-electron chi connectivity index (χ0n) is 14.2. The molecule has 0 radical (unpaired) electrons.